The Balaban J connectivity index is 1.10. The van der Waals surface area contributed by atoms with Crippen molar-refractivity contribution in [2.45, 2.75) is 63.5 Å². The molecule has 0 aromatic heterocycles. The second kappa shape index (κ2) is 15.3. The highest BCUT2D eigenvalue weighted by molar-refractivity contribution is 9.10. The Morgan fingerprint density at radius 2 is 1.70 bits per heavy atom. The number of benzene rings is 2. The summed E-state index contributed by atoms with van der Waals surface area (Å²) in [5.74, 6) is -0.0553. The number of hydrogen-bond donors (Lipinski definition) is 3. The molecule has 1 atom stereocenters. The summed E-state index contributed by atoms with van der Waals surface area (Å²) >= 11 is 3.43. The number of piperazine rings is 1. The lowest BCUT2D eigenvalue weighted by molar-refractivity contribution is -0.143. The molecule has 1 radical (unpaired) electrons. The molecule has 3 fully saturated rings. The van der Waals surface area contributed by atoms with Crippen LogP contribution < -0.4 is 16.1 Å². The van der Waals surface area contributed by atoms with Gasteiger partial charge in [-0.1, -0.05) is 31.1 Å². The van der Waals surface area contributed by atoms with Gasteiger partial charge in [0, 0.05) is 70.0 Å². The van der Waals surface area contributed by atoms with Crippen molar-refractivity contribution in [3.8, 4) is 5.75 Å². The molecule has 2 aromatic rings. The molecular weight excluding hydrogens is 663 g/mol. The highest BCUT2D eigenvalue weighted by Gasteiger charge is 2.36. The number of urea groups is 1. The summed E-state index contributed by atoms with van der Waals surface area (Å²) in [6.07, 6.45) is 2.97. The van der Waals surface area contributed by atoms with Gasteiger partial charge in [-0.3, -0.25) is 9.69 Å². The van der Waals surface area contributed by atoms with Crippen LogP contribution in [0.3, 0.4) is 0 Å². The minimum atomic E-state index is -0.998. The largest absolute Gasteiger partial charge is 0.507 e. The second-order valence-corrected chi connectivity index (χ2v) is 13.8. The number of carbonyl (C=O) groups is 3. The van der Waals surface area contributed by atoms with Gasteiger partial charge in [-0.2, -0.15) is 0 Å². The molecule has 251 valence electrons. The van der Waals surface area contributed by atoms with Crippen LogP contribution in [0.15, 0.2) is 40.9 Å². The average molecular weight is 708 g/mol. The smallest absolute Gasteiger partial charge is 0.410 e. The van der Waals surface area contributed by atoms with Crippen molar-refractivity contribution < 1.29 is 24.2 Å². The van der Waals surface area contributed by atoms with Crippen molar-refractivity contribution in [3.05, 3.63) is 52.0 Å². The van der Waals surface area contributed by atoms with E-state index in [-0.39, 0.29) is 30.2 Å². The van der Waals surface area contributed by atoms with Crippen LogP contribution in [0.5, 0.6) is 5.75 Å². The second-order valence-electron chi connectivity index (χ2n) is 13.0. The van der Waals surface area contributed by atoms with Crippen LogP contribution in [-0.4, -0.2) is 127 Å². The Morgan fingerprint density at radius 1 is 0.979 bits per heavy atom. The van der Waals surface area contributed by atoms with E-state index in [1.54, 1.807) is 18.2 Å². The van der Waals surface area contributed by atoms with Gasteiger partial charge in [-0.25, -0.2) is 9.59 Å². The molecular formula is C34H45BBrN6O5. The number of nitrogens with one attached hydrogen (secondary N) is 2. The van der Waals surface area contributed by atoms with Crippen LogP contribution in [0.4, 0.5) is 15.3 Å². The number of aromatic hydroxyl groups is 1. The van der Waals surface area contributed by atoms with Crippen LogP contribution in [0.25, 0.3) is 0 Å². The number of ether oxygens (including phenoxy) is 1. The summed E-state index contributed by atoms with van der Waals surface area (Å²) < 4.78 is 6.58. The number of anilines is 1. The first-order valence-corrected chi connectivity index (χ1v) is 17.8. The number of rotatable bonds is 7. The molecule has 3 N–H and O–H groups in total. The number of phenols is 1. The van der Waals surface area contributed by atoms with Gasteiger partial charge in [0.1, 0.15) is 5.75 Å². The standard InChI is InChI=1S/C34H45BBrN6O5/c1-35-27-20-23(21-28(36)31(27)43)22-30(32(44)40-18-16-39(17-19-40)25-6-11-37-12-7-25)47-34(46)41-13-9-26(10-14-41)42-15-8-24-4-2-3-5-29(24)38-33(42)45/h2-5,20-21,25-26,30,37,43H,6-19,22H2,1H3,(H,38,45)/t30-/m1/s1. The Labute approximate surface area is 286 Å². The average Bonchev–Trinajstić information content (AvgIpc) is 3.27. The molecule has 11 nitrogen and oxygen atoms in total. The van der Waals surface area contributed by atoms with Gasteiger partial charge in [0.25, 0.3) is 5.91 Å². The lowest BCUT2D eigenvalue weighted by Gasteiger charge is -2.41. The van der Waals surface area contributed by atoms with Gasteiger partial charge in [0.15, 0.2) is 13.4 Å². The summed E-state index contributed by atoms with van der Waals surface area (Å²) in [5.41, 5.74) is 3.41. The number of likely N-dealkylation sites (tertiary alicyclic amines) is 1. The number of amides is 4. The van der Waals surface area contributed by atoms with Crippen molar-refractivity contribution in [2.24, 2.45) is 0 Å². The molecule has 2 aromatic carbocycles. The van der Waals surface area contributed by atoms with Gasteiger partial charge in [-0.05, 0) is 89.8 Å². The molecule has 0 saturated carbocycles. The van der Waals surface area contributed by atoms with E-state index >= 15 is 0 Å². The van der Waals surface area contributed by atoms with Gasteiger partial charge < -0.3 is 35.2 Å². The first-order valence-electron chi connectivity index (χ1n) is 17.0. The van der Waals surface area contributed by atoms with E-state index in [1.807, 2.05) is 47.0 Å². The Bertz CT molecular complexity index is 1440. The zero-order chi connectivity index (χ0) is 32.9. The van der Waals surface area contributed by atoms with Crippen LogP contribution >= 0.6 is 15.9 Å². The number of halogens is 1. The van der Waals surface area contributed by atoms with Crippen LogP contribution in [0.1, 0.15) is 36.8 Å². The Hall–Kier alpha value is -3.29. The summed E-state index contributed by atoms with van der Waals surface area (Å²) in [4.78, 5) is 48.6. The van der Waals surface area contributed by atoms with E-state index in [2.05, 4.69) is 31.5 Å². The third-order valence-corrected chi connectivity index (χ3v) is 10.8. The van der Waals surface area contributed by atoms with E-state index in [1.165, 1.54) is 0 Å². The first kappa shape index (κ1) is 33.6. The highest BCUT2D eigenvalue weighted by atomic mass is 79.9. The maximum absolute atomic E-state index is 14.0. The maximum atomic E-state index is 14.0. The van der Waals surface area contributed by atoms with Crippen LogP contribution in [0.2, 0.25) is 6.82 Å². The lowest BCUT2D eigenvalue weighted by atomic mass is 9.72. The predicted octanol–water partition coefficient (Wildman–Crippen LogP) is 3.03. The fourth-order valence-corrected chi connectivity index (χ4v) is 7.91. The molecule has 0 unspecified atom stereocenters. The van der Waals surface area contributed by atoms with Gasteiger partial charge in [-0.15, -0.1) is 0 Å². The minimum absolute atomic E-state index is 0.0140. The summed E-state index contributed by atoms with van der Waals surface area (Å²) in [6, 6.07) is 11.9. The quantitative estimate of drug-likeness (QED) is 0.379. The van der Waals surface area contributed by atoms with Gasteiger partial charge in [0.05, 0.1) is 4.47 Å². The topological polar surface area (TPSA) is 118 Å². The fourth-order valence-electron chi connectivity index (χ4n) is 7.39. The highest BCUT2D eigenvalue weighted by Crippen LogP contribution is 2.27. The molecule has 47 heavy (non-hydrogen) atoms. The molecule has 0 bridgehead atoms. The summed E-state index contributed by atoms with van der Waals surface area (Å²) in [6.45, 7) is 8.20. The Kier molecular flexibility index (Phi) is 10.9. The molecule has 6 rings (SSSR count). The molecule has 4 heterocycles. The van der Waals surface area contributed by atoms with Crippen molar-refractivity contribution in [3.63, 3.8) is 0 Å². The Morgan fingerprint density at radius 3 is 2.43 bits per heavy atom. The third-order valence-electron chi connectivity index (χ3n) is 10.2. The van der Waals surface area contributed by atoms with Gasteiger partial charge >= 0.3 is 12.1 Å². The number of nitrogens with zero attached hydrogens (tertiary/aromatic N) is 4. The molecule has 3 saturated heterocycles. The SMILES string of the molecule is C[B]c1cc(C[C@@H](OC(=O)N2CCC(N3CCc4ccccc4NC3=O)CC2)C(=O)N2CCN(C3CCNCC3)CC2)cc(Br)c1O. The van der Waals surface area contributed by atoms with E-state index in [9.17, 15) is 19.5 Å². The van der Waals surface area contributed by atoms with Crippen molar-refractivity contribution >= 4 is 52.4 Å². The zero-order valence-corrected chi connectivity index (χ0v) is 28.7. The monoisotopic (exact) mass is 707 g/mol. The number of piperidine rings is 2. The maximum Gasteiger partial charge on any atom is 0.410 e. The van der Waals surface area contributed by atoms with Gasteiger partial charge in [0.2, 0.25) is 0 Å². The first-order chi connectivity index (χ1) is 22.8. The normalized spacial score (nSPS) is 20.6. The number of hydrogen-bond acceptors (Lipinski definition) is 7. The number of carbonyl (C=O) groups excluding carboxylic acids is 3. The fraction of sp³-hybridized carbons (Fsp3) is 0.559. The lowest BCUT2D eigenvalue weighted by Crippen LogP contribution is -2.56. The minimum Gasteiger partial charge on any atom is -0.507 e. The molecule has 4 aliphatic heterocycles. The number of phenolic OH excluding ortho intramolecular Hbond substituents is 1. The predicted molar refractivity (Wildman–Crippen MR) is 186 cm³/mol. The van der Waals surface area contributed by atoms with Crippen molar-refractivity contribution in [1.29, 1.82) is 0 Å². The van der Waals surface area contributed by atoms with E-state index in [0.717, 1.165) is 62.3 Å². The molecule has 4 aliphatic rings. The number of para-hydroxylation sites is 1. The third kappa shape index (κ3) is 7.89. The van der Waals surface area contributed by atoms with E-state index in [4.69, 9.17) is 4.74 Å². The van der Waals surface area contributed by atoms with E-state index < -0.39 is 12.2 Å². The number of fused-ring (bicyclic) bond motifs is 1. The summed E-state index contributed by atoms with van der Waals surface area (Å²) in [7, 11) is 1.81. The molecule has 4 amide bonds. The van der Waals surface area contributed by atoms with Crippen molar-refractivity contribution in [2.75, 3.05) is 64.2 Å². The van der Waals surface area contributed by atoms with Crippen LogP contribution in [-0.2, 0) is 22.4 Å². The van der Waals surface area contributed by atoms with Crippen LogP contribution in [0, 0.1) is 0 Å². The molecule has 13 heteroatoms. The summed E-state index contributed by atoms with van der Waals surface area (Å²) in [5, 5.41) is 16.9. The zero-order valence-electron chi connectivity index (χ0n) is 27.1. The van der Waals surface area contributed by atoms with Crippen molar-refractivity contribution in [1.82, 2.24) is 24.9 Å². The van der Waals surface area contributed by atoms with E-state index in [0.29, 0.717) is 61.5 Å². The molecule has 0 aliphatic carbocycles. The molecule has 0 spiro atoms.